The second-order valence-electron chi connectivity index (χ2n) is 4.89. The van der Waals surface area contributed by atoms with E-state index < -0.39 is 0 Å². The van der Waals surface area contributed by atoms with Crippen LogP contribution in [0.3, 0.4) is 0 Å². The fraction of sp³-hybridized carbons (Fsp3) is 0.375. The number of nitrogens with one attached hydrogen (secondary N) is 1. The molecule has 0 aliphatic carbocycles. The highest BCUT2D eigenvalue weighted by Crippen LogP contribution is 2.11. The van der Waals surface area contributed by atoms with Gasteiger partial charge in [-0.2, -0.15) is 0 Å². The Hall–Kier alpha value is -2.10. The summed E-state index contributed by atoms with van der Waals surface area (Å²) in [4.78, 5) is 29.0. The predicted molar refractivity (Wildman–Crippen MR) is 81.1 cm³/mol. The van der Waals surface area contributed by atoms with E-state index in [1.165, 1.54) is 0 Å². The monoisotopic (exact) mass is 272 g/mol. The molecular weight excluding hydrogens is 252 g/mol. The van der Waals surface area contributed by atoms with Crippen LogP contribution in [0.2, 0.25) is 0 Å². The molecule has 106 valence electrons. The van der Waals surface area contributed by atoms with Crippen LogP contribution >= 0.6 is 0 Å². The molecule has 0 aliphatic rings. The number of fused-ring (bicyclic) bond motifs is 1. The maximum absolute atomic E-state index is 12.5. The lowest BCUT2D eigenvalue weighted by molar-refractivity contribution is 0.0749. The van der Waals surface area contributed by atoms with Crippen molar-refractivity contribution in [3.63, 3.8) is 0 Å². The molecule has 2 rings (SSSR count). The zero-order valence-electron chi connectivity index (χ0n) is 12.0. The summed E-state index contributed by atoms with van der Waals surface area (Å²) in [6, 6.07) is 9.06. The number of rotatable bonds is 5. The van der Waals surface area contributed by atoms with Crippen LogP contribution in [0.5, 0.6) is 0 Å². The first-order valence-electron chi connectivity index (χ1n) is 7.08. The summed E-state index contributed by atoms with van der Waals surface area (Å²) in [5.41, 5.74) is 0.162. The van der Waals surface area contributed by atoms with Gasteiger partial charge in [-0.05, 0) is 30.4 Å². The Morgan fingerprint density at radius 3 is 2.45 bits per heavy atom. The Balaban J connectivity index is 2.41. The van der Waals surface area contributed by atoms with E-state index in [0.717, 1.165) is 18.2 Å². The Morgan fingerprint density at radius 2 is 1.80 bits per heavy atom. The van der Waals surface area contributed by atoms with Gasteiger partial charge < -0.3 is 9.88 Å². The number of nitrogens with zero attached hydrogens (tertiary/aromatic N) is 1. The van der Waals surface area contributed by atoms with Crippen LogP contribution in [0.4, 0.5) is 0 Å². The highest BCUT2D eigenvalue weighted by molar-refractivity contribution is 5.96. The van der Waals surface area contributed by atoms with Crippen LogP contribution in [0.1, 0.15) is 37.2 Å². The highest BCUT2D eigenvalue weighted by Gasteiger charge is 2.16. The molecular formula is C16H20N2O2. The SMILES string of the molecule is CCCN(CCC)C(=O)c1cc2ccccc2c(=O)[nH]1. The average Bonchev–Trinajstić information content (AvgIpc) is 2.46. The molecule has 1 aromatic heterocycles. The number of H-pyrrole nitrogens is 1. The topological polar surface area (TPSA) is 53.2 Å². The molecule has 0 fully saturated rings. The molecule has 0 radical (unpaired) electrons. The molecule has 0 saturated heterocycles. The number of hydrogen-bond acceptors (Lipinski definition) is 2. The van der Waals surface area contributed by atoms with E-state index in [0.29, 0.717) is 24.2 Å². The van der Waals surface area contributed by atoms with Gasteiger partial charge in [0.1, 0.15) is 5.69 Å². The molecule has 0 bridgehead atoms. The summed E-state index contributed by atoms with van der Waals surface area (Å²) < 4.78 is 0. The number of aromatic amines is 1. The van der Waals surface area contributed by atoms with Crippen LogP contribution in [0.25, 0.3) is 10.8 Å². The van der Waals surface area contributed by atoms with Crippen molar-refractivity contribution in [2.24, 2.45) is 0 Å². The van der Waals surface area contributed by atoms with Gasteiger partial charge in [0.15, 0.2) is 0 Å². The maximum atomic E-state index is 12.5. The summed E-state index contributed by atoms with van der Waals surface area (Å²) in [5, 5.41) is 1.41. The Morgan fingerprint density at radius 1 is 1.15 bits per heavy atom. The minimum atomic E-state index is -0.209. The number of hydrogen-bond donors (Lipinski definition) is 1. The molecule has 0 atom stereocenters. The van der Waals surface area contributed by atoms with Crippen LogP contribution in [0, 0.1) is 0 Å². The highest BCUT2D eigenvalue weighted by atomic mass is 16.2. The van der Waals surface area contributed by atoms with Gasteiger partial charge in [-0.15, -0.1) is 0 Å². The van der Waals surface area contributed by atoms with E-state index in [4.69, 9.17) is 0 Å². The fourth-order valence-electron chi connectivity index (χ4n) is 2.35. The number of carbonyl (C=O) groups is 1. The van der Waals surface area contributed by atoms with Gasteiger partial charge >= 0.3 is 0 Å². The molecule has 0 unspecified atom stereocenters. The lowest BCUT2D eigenvalue weighted by atomic mass is 10.1. The third-order valence-corrected chi connectivity index (χ3v) is 3.26. The standard InChI is InChI=1S/C16H20N2O2/c1-3-9-18(10-4-2)16(20)14-11-12-7-5-6-8-13(12)15(19)17-14/h5-8,11H,3-4,9-10H2,1-2H3,(H,17,19). The largest absolute Gasteiger partial charge is 0.337 e. The molecule has 0 aliphatic heterocycles. The van der Waals surface area contributed by atoms with Crippen molar-refractivity contribution < 1.29 is 4.79 Å². The molecule has 1 aromatic carbocycles. The number of carbonyl (C=O) groups excluding carboxylic acids is 1. The van der Waals surface area contributed by atoms with Crippen molar-refractivity contribution >= 4 is 16.7 Å². The molecule has 2 aromatic rings. The zero-order valence-corrected chi connectivity index (χ0v) is 12.0. The second-order valence-corrected chi connectivity index (χ2v) is 4.89. The second kappa shape index (κ2) is 6.37. The molecule has 0 spiro atoms. The van der Waals surface area contributed by atoms with E-state index in [1.54, 1.807) is 17.0 Å². The Labute approximate surface area is 118 Å². The molecule has 0 saturated carbocycles. The summed E-state index contributed by atoms with van der Waals surface area (Å²) in [6.07, 6.45) is 1.81. The number of aromatic nitrogens is 1. The molecule has 4 heteroatoms. The number of benzene rings is 1. The smallest absolute Gasteiger partial charge is 0.270 e. The molecule has 1 N–H and O–H groups in total. The lowest BCUT2D eigenvalue weighted by Crippen LogP contribution is -2.34. The zero-order chi connectivity index (χ0) is 14.5. The van der Waals surface area contributed by atoms with Gasteiger partial charge in [0.2, 0.25) is 0 Å². The van der Waals surface area contributed by atoms with Gasteiger partial charge in [0.05, 0.1) is 0 Å². The Kier molecular flexibility index (Phi) is 4.56. The third-order valence-electron chi connectivity index (χ3n) is 3.26. The molecule has 1 heterocycles. The summed E-state index contributed by atoms with van der Waals surface area (Å²) >= 11 is 0. The minimum Gasteiger partial charge on any atom is -0.337 e. The Bertz CT molecular complexity index is 655. The normalized spacial score (nSPS) is 10.7. The van der Waals surface area contributed by atoms with E-state index in [-0.39, 0.29) is 11.5 Å². The predicted octanol–water partition coefficient (Wildman–Crippen LogP) is 2.79. The van der Waals surface area contributed by atoms with Crippen LogP contribution < -0.4 is 5.56 Å². The summed E-state index contributed by atoms with van der Waals surface area (Å²) in [7, 11) is 0. The van der Waals surface area contributed by atoms with Crippen molar-refractivity contribution in [1.29, 1.82) is 0 Å². The summed E-state index contributed by atoms with van der Waals surface area (Å²) in [5.74, 6) is -0.100. The number of amides is 1. The molecule has 4 nitrogen and oxygen atoms in total. The number of pyridine rings is 1. The first kappa shape index (κ1) is 14.3. The van der Waals surface area contributed by atoms with Gasteiger partial charge in [-0.3, -0.25) is 9.59 Å². The first-order chi connectivity index (χ1) is 9.67. The third kappa shape index (κ3) is 2.90. The van der Waals surface area contributed by atoms with Crippen molar-refractivity contribution in [3.05, 3.63) is 46.4 Å². The van der Waals surface area contributed by atoms with Crippen molar-refractivity contribution in [1.82, 2.24) is 9.88 Å². The van der Waals surface area contributed by atoms with Crippen LogP contribution in [0.15, 0.2) is 35.1 Å². The van der Waals surface area contributed by atoms with Crippen molar-refractivity contribution in [2.45, 2.75) is 26.7 Å². The quantitative estimate of drug-likeness (QED) is 0.910. The van der Waals surface area contributed by atoms with E-state index in [9.17, 15) is 9.59 Å². The van der Waals surface area contributed by atoms with Gasteiger partial charge in [-0.25, -0.2) is 0 Å². The lowest BCUT2D eigenvalue weighted by Gasteiger charge is -2.21. The van der Waals surface area contributed by atoms with Gasteiger partial charge in [0, 0.05) is 18.5 Å². The van der Waals surface area contributed by atoms with Crippen LogP contribution in [-0.2, 0) is 0 Å². The van der Waals surface area contributed by atoms with E-state index >= 15 is 0 Å². The average molecular weight is 272 g/mol. The minimum absolute atomic E-state index is 0.100. The van der Waals surface area contributed by atoms with Gasteiger partial charge in [0.25, 0.3) is 11.5 Å². The van der Waals surface area contributed by atoms with Crippen LogP contribution in [-0.4, -0.2) is 28.9 Å². The fourth-order valence-corrected chi connectivity index (χ4v) is 2.35. The maximum Gasteiger partial charge on any atom is 0.270 e. The van der Waals surface area contributed by atoms with Crippen molar-refractivity contribution in [3.8, 4) is 0 Å². The van der Waals surface area contributed by atoms with Crippen molar-refractivity contribution in [2.75, 3.05) is 13.1 Å². The summed E-state index contributed by atoms with van der Waals surface area (Å²) in [6.45, 7) is 5.50. The molecule has 20 heavy (non-hydrogen) atoms. The van der Waals surface area contributed by atoms with Gasteiger partial charge in [-0.1, -0.05) is 32.0 Å². The van der Waals surface area contributed by atoms with E-state index in [2.05, 4.69) is 4.98 Å². The first-order valence-corrected chi connectivity index (χ1v) is 7.08. The molecule has 1 amide bonds. The van der Waals surface area contributed by atoms with E-state index in [1.807, 2.05) is 32.0 Å².